The van der Waals surface area contributed by atoms with Crippen molar-refractivity contribution in [3.63, 3.8) is 0 Å². The minimum absolute atomic E-state index is 0.0357. The monoisotopic (exact) mass is 386 g/mol. The Labute approximate surface area is 154 Å². The van der Waals surface area contributed by atoms with Gasteiger partial charge in [-0.2, -0.15) is 4.31 Å². The van der Waals surface area contributed by atoms with Crippen LogP contribution in [0.2, 0.25) is 5.02 Å². The first kappa shape index (κ1) is 19.8. The summed E-state index contributed by atoms with van der Waals surface area (Å²) in [6, 6.07) is 4.28. The Balaban J connectivity index is 2.37. The van der Waals surface area contributed by atoms with E-state index in [2.05, 4.69) is 6.58 Å². The standard InChI is InChI=1S/C17H23ClN2O4S/c1-5-17(21)20-9-8-19(11-14(20)12(2)3)25(22,23)16-10-13(18)6-7-15(16)24-4/h5-7,10,12,14H,1,8-9,11H2,2-4H3/t14-/m1/s1. The molecule has 0 N–H and O–H groups in total. The van der Waals surface area contributed by atoms with Gasteiger partial charge in [0, 0.05) is 30.7 Å². The molecule has 1 aromatic carbocycles. The molecule has 0 spiro atoms. The van der Waals surface area contributed by atoms with E-state index in [1.54, 1.807) is 11.0 Å². The van der Waals surface area contributed by atoms with Crippen LogP contribution in [0.3, 0.4) is 0 Å². The number of hydrogen-bond acceptors (Lipinski definition) is 4. The quantitative estimate of drug-likeness (QED) is 0.729. The Morgan fingerprint density at radius 1 is 1.40 bits per heavy atom. The van der Waals surface area contributed by atoms with Gasteiger partial charge in [0.15, 0.2) is 0 Å². The summed E-state index contributed by atoms with van der Waals surface area (Å²) < 4.78 is 32.8. The molecule has 0 unspecified atom stereocenters. The lowest BCUT2D eigenvalue weighted by atomic mass is 10.0. The van der Waals surface area contributed by atoms with Gasteiger partial charge in [-0.25, -0.2) is 8.42 Å². The molecular weight excluding hydrogens is 364 g/mol. The van der Waals surface area contributed by atoms with Crippen molar-refractivity contribution in [1.29, 1.82) is 0 Å². The molecule has 8 heteroatoms. The van der Waals surface area contributed by atoms with Gasteiger partial charge in [0.05, 0.1) is 7.11 Å². The summed E-state index contributed by atoms with van der Waals surface area (Å²) >= 11 is 5.98. The number of methoxy groups -OCH3 is 1. The summed E-state index contributed by atoms with van der Waals surface area (Å²) in [5, 5.41) is 0.320. The molecular formula is C17H23ClN2O4S. The predicted molar refractivity (Wildman–Crippen MR) is 97.3 cm³/mol. The molecule has 0 aliphatic carbocycles. The van der Waals surface area contributed by atoms with Gasteiger partial charge in [-0.3, -0.25) is 4.79 Å². The first-order valence-corrected chi connectivity index (χ1v) is 9.81. The lowest BCUT2D eigenvalue weighted by molar-refractivity contribution is -0.131. The highest BCUT2D eigenvalue weighted by molar-refractivity contribution is 7.89. The molecule has 0 radical (unpaired) electrons. The largest absolute Gasteiger partial charge is 0.495 e. The number of carbonyl (C=O) groups is 1. The maximum Gasteiger partial charge on any atom is 0.246 e. The number of sulfonamides is 1. The number of nitrogens with zero attached hydrogens (tertiary/aromatic N) is 2. The molecule has 0 bridgehead atoms. The van der Waals surface area contributed by atoms with Gasteiger partial charge in [0.25, 0.3) is 0 Å². The number of amides is 1. The van der Waals surface area contributed by atoms with Crippen molar-refractivity contribution in [3.8, 4) is 5.75 Å². The van der Waals surface area contributed by atoms with Gasteiger partial charge >= 0.3 is 0 Å². The van der Waals surface area contributed by atoms with Crippen LogP contribution >= 0.6 is 11.6 Å². The Hall–Kier alpha value is -1.57. The normalized spacial score (nSPS) is 19.1. The van der Waals surface area contributed by atoms with Crippen LogP contribution in [0.5, 0.6) is 5.75 Å². The van der Waals surface area contributed by atoms with E-state index in [0.29, 0.717) is 11.6 Å². The van der Waals surface area contributed by atoms with Gasteiger partial charge in [-0.05, 0) is 30.2 Å². The van der Waals surface area contributed by atoms with Crippen molar-refractivity contribution in [2.45, 2.75) is 24.8 Å². The topological polar surface area (TPSA) is 66.9 Å². The van der Waals surface area contributed by atoms with E-state index in [-0.39, 0.29) is 41.6 Å². The maximum absolute atomic E-state index is 13.1. The Morgan fingerprint density at radius 3 is 2.64 bits per heavy atom. The predicted octanol–water partition coefficient (Wildman–Crippen LogP) is 2.39. The maximum atomic E-state index is 13.1. The molecule has 2 rings (SSSR count). The molecule has 1 aliphatic rings. The number of carbonyl (C=O) groups excluding carboxylic acids is 1. The first-order chi connectivity index (χ1) is 11.7. The van der Waals surface area contributed by atoms with Crippen molar-refractivity contribution in [3.05, 3.63) is 35.9 Å². The number of ether oxygens (including phenoxy) is 1. The number of hydrogen-bond donors (Lipinski definition) is 0. The zero-order valence-corrected chi connectivity index (χ0v) is 16.2. The summed E-state index contributed by atoms with van der Waals surface area (Å²) in [5.41, 5.74) is 0. The fourth-order valence-corrected chi connectivity index (χ4v) is 4.82. The minimum Gasteiger partial charge on any atom is -0.495 e. The first-order valence-electron chi connectivity index (χ1n) is 7.99. The Bertz CT molecular complexity index is 764. The van der Waals surface area contributed by atoms with E-state index in [0.717, 1.165) is 0 Å². The third kappa shape index (κ3) is 3.99. The third-order valence-corrected chi connectivity index (χ3v) is 6.47. The van der Waals surface area contributed by atoms with E-state index in [1.807, 2.05) is 13.8 Å². The Kier molecular flexibility index (Phi) is 6.13. The SMILES string of the molecule is C=CC(=O)N1CCN(S(=O)(=O)c2cc(Cl)ccc2OC)C[C@@H]1C(C)C. The molecule has 1 aromatic rings. The van der Waals surface area contributed by atoms with E-state index >= 15 is 0 Å². The van der Waals surface area contributed by atoms with Crippen LogP contribution in [0.4, 0.5) is 0 Å². The van der Waals surface area contributed by atoms with Crippen molar-refractivity contribution >= 4 is 27.5 Å². The summed E-state index contributed by atoms with van der Waals surface area (Å²) in [5.74, 6) is 0.161. The smallest absolute Gasteiger partial charge is 0.246 e. The zero-order chi connectivity index (χ0) is 18.8. The van der Waals surface area contributed by atoms with Gasteiger partial charge in [0.1, 0.15) is 10.6 Å². The second kappa shape index (κ2) is 7.76. The van der Waals surface area contributed by atoms with Crippen molar-refractivity contribution in [2.24, 2.45) is 5.92 Å². The van der Waals surface area contributed by atoms with Crippen LogP contribution in [0.25, 0.3) is 0 Å². The average molecular weight is 387 g/mol. The van der Waals surface area contributed by atoms with E-state index in [9.17, 15) is 13.2 Å². The molecule has 1 saturated heterocycles. The molecule has 6 nitrogen and oxygen atoms in total. The van der Waals surface area contributed by atoms with Crippen LogP contribution in [-0.4, -0.2) is 56.3 Å². The molecule has 0 saturated carbocycles. The summed E-state index contributed by atoms with van der Waals surface area (Å²) in [7, 11) is -2.37. The molecule has 1 aliphatic heterocycles. The zero-order valence-electron chi connectivity index (χ0n) is 14.6. The highest BCUT2D eigenvalue weighted by Crippen LogP contribution is 2.31. The number of piperazine rings is 1. The second-order valence-electron chi connectivity index (χ2n) is 6.21. The lowest BCUT2D eigenvalue weighted by Gasteiger charge is -2.42. The summed E-state index contributed by atoms with van der Waals surface area (Å²) in [6.45, 7) is 8.19. The molecule has 1 amide bonds. The number of halogens is 1. The van der Waals surface area contributed by atoms with Crippen LogP contribution in [0.1, 0.15) is 13.8 Å². The molecule has 1 atom stereocenters. The van der Waals surface area contributed by atoms with Crippen LogP contribution in [-0.2, 0) is 14.8 Å². The molecule has 1 heterocycles. The van der Waals surface area contributed by atoms with Gasteiger partial charge < -0.3 is 9.64 Å². The highest BCUT2D eigenvalue weighted by atomic mass is 35.5. The Morgan fingerprint density at radius 2 is 2.08 bits per heavy atom. The molecule has 25 heavy (non-hydrogen) atoms. The van der Waals surface area contributed by atoms with Gasteiger partial charge in [-0.1, -0.05) is 32.0 Å². The minimum atomic E-state index is -3.79. The summed E-state index contributed by atoms with van der Waals surface area (Å²) in [6.07, 6.45) is 1.26. The van der Waals surface area contributed by atoms with Crippen molar-refractivity contribution in [2.75, 3.05) is 26.7 Å². The van der Waals surface area contributed by atoms with Gasteiger partial charge in [-0.15, -0.1) is 0 Å². The molecule has 1 fully saturated rings. The number of benzene rings is 1. The van der Waals surface area contributed by atoms with Crippen molar-refractivity contribution in [1.82, 2.24) is 9.21 Å². The highest BCUT2D eigenvalue weighted by Gasteiger charge is 2.38. The van der Waals surface area contributed by atoms with E-state index in [4.69, 9.17) is 16.3 Å². The molecule has 0 aromatic heterocycles. The lowest BCUT2D eigenvalue weighted by Crippen LogP contribution is -2.57. The van der Waals surface area contributed by atoms with E-state index < -0.39 is 10.0 Å². The number of rotatable bonds is 5. The second-order valence-corrected chi connectivity index (χ2v) is 8.55. The fraction of sp³-hybridized carbons (Fsp3) is 0.471. The average Bonchev–Trinajstić information content (AvgIpc) is 2.60. The van der Waals surface area contributed by atoms with E-state index in [1.165, 1.54) is 29.6 Å². The fourth-order valence-electron chi connectivity index (χ4n) is 2.95. The van der Waals surface area contributed by atoms with Crippen LogP contribution in [0, 0.1) is 5.92 Å². The summed E-state index contributed by atoms with van der Waals surface area (Å²) in [4.78, 5) is 13.8. The van der Waals surface area contributed by atoms with Gasteiger partial charge in [0.2, 0.25) is 15.9 Å². The van der Waals surface area contributed by atoms with Crippen LogP contribution in [0.15, 0.2) is 35.7 Å². The van der Waals surface area contributed by atoms with Crippen molar-refractivity contribution < 1.29 is 17.9 Å². The van der Waals surface area contributed by atoms with Crippen LogP contribution < -0.4 is 4.74 Å². The molecule has 138 valence electrons. The third-order valence-electron chi connectivity index (χ3n) is 4.35.